The van der Waals surface area contributed by atoms with Gasteiger partial charge in [-0.3, -0.25) is 4.99 Å². The van der Waals surface area contributed by atoms with Crippen LogP contribution in [0.25, 0.3) is 0 Å². The second kappa shape index (κ2) is 17.0. The highest BCUT2D eigenvalue weighted by Crippen LogP contribution is 2.18. The Labute approximate surface area is 189 Å². The van der Waals surface area contributed by atoms with E-state index in [2.05, 4.69) is 47.2 Å². The fourth-order valence-electron chi connectivity index (χ4n) is 3.60. The normalized spacial score (nSPS) is 18.0. The zero-order valence-corrected chi connectivity index (χ0v) is 19.8. The summed E-state index contributed by atoms with van der Waals surface area (Å²) in [5, 5.41) is 8.83. The van der Waals surface area contributed by atoms with Crippen molar-refractivity contribution >= 4 is 6.21 Å². The van der Waals surface area contributed by atoms with Gasteiger partial charge in [0.05, 0.1) is 17.3 Å². The van der Waals surface area contributed by atoms with Gasteiger partial charge in [-0.2, -0.15) is 10.2 Å². The molecule has 0 amide bonds. The Bertz CT molecular complexity index is 602. The summed E-state index contributed by atoms with van der Waals surface area (Å²) in [7, 11) is 0. The smallest absolute Gasteiger partial charge is 0.166 e. The lowest BCUT2D eigenvalue weighted by Gasteiger charge is -2.16. The zero-order valence-electron chi connectivity index (χ0n) is 19.8. The van der Waals surface area contributed by atoms with E-state index in [4.69, 9.17) is 9.47 Å². The second-order valence-electron chi connectivity index (χ2n) is 8.46. The third kappa shape index (κ3) is 11.6. The molecule has 1 aromatic heterocycles. The fourth-order valence-corrected chi connectivity index (χ4v) is 3.60. The molecule has 1 aliphatic rings. The quantitative estimate of drug-likeness (QED) is 0.199. The van der Waals surface area contributed by atoms with Gasteiger partial charge in [0.15, 0.2) is 6.23 Å². The van der Waals surface area contributed by atoms with Crippen LogP contribution in [0.2, 0.25) is 0 Å². The number of aliphatic imine (C=N–C) groups is 1. The molecule has 5 heteroatoms. The molecule has 2 rings (SSSR count). The molecule has 0 N–H and O–H groups in total. The first-order valence-electron chi connectivity index (χ1n) is 12.6. The first-order chi connectivity index (χ1) is 15.3. The number of nitrogens with zero attached hydrogens (tertiary/aromatic N) is 3. The summed E-state index contributed by atoms with van der Waals surface area (Å²) in [5.41, 5.74) is 1.99. The van der Waals surface area contributed by atoms with Crippen molar-refractivity contribution < 1.29 is 9.47 Å². The molecule has 2 heterocycles. The van der Waals surface area contributed by atoms with Crippen LogP contribution in [0, 0.1) is 0 Å². The van der Waals surface area contributed by atoms with Gasteiger partial charge in [-0.05, 0) is 50.3 Å². The Morgan fingerprint density at radius 1 is 0.742 bits per heavy atom. The van der Waals surface area contributed by atoms with Gasteiger partial charge in [0.25, 0.3) is 0 Å². The molecule has 174 valence electrons. The number of ether oxygens (including phenoxy) is 2. The van der Waals surface area contributed by atoms with E-state index in [1.165, 1.54) is 51.4 Å². The molecule has 2 unspecified atom stereocenters. The fraction of sp³-hybridized carbons (Fsp3) is 0.731. The van der Waals surface area contributed by atoms with Gasteiger partial charge < -0.3 is 9.47 Å². The number of unbranched alkanes of at least 4 members (excludes halogenated alkanes) is 8. The van der Waals surface area contributed by atoms with Crippen molar-refractivity contribution in [3.8, 4) is 0 Å². The summed E-state index contributed by atoms with van der Waals surface area (Å²) >= 11 is 0. The van der Waals surface area contributed by atoms with Crippen molar-refractivity contribution in [3.05, 3.63) is 35.7 Å². The van der Waals surface area contributed by atoms with Crippen molar-refractivity contribution in [2.45, 2.75) is 103 Å². The van der Waals surface area contributed by atoms with E-state index in [-0.39, 0.29) is 12.1 Å². The van der Waals surface area contributed by atoms with Crippen molar-refractivity contribution in [2.75, 3.05) is 19.8 Å². The van der Waals surface area contributed by atoms with Crippen LogP contribution in [0.1, 0.15) is 102 Å². The number of aromatic nitrogens is 2. The average Bonchev–Trinajstić information content (AvgIpc) is 2.81. The summed E-state index contributed by atoms with van der Waals surface area (Å²) < 4.78 is 11.5. The van der Waals surface area contributed by atoms with E-state index < -0.39 is 0 Å². The Morgan fingerprint density at radius 2 is 1.45 bits per heavy atom. The van der Waals surface area contributed by atoms with Crippen molar-refractivity contribution in [3.63, 3.8) is 0 Å². The van der Waals surface area contributed by atoms with Crippen LogP contribution in [-0.4, -0.2) is 42.5 Å². The Morgan fingerprint density at radius 3 is 2.13 bits per heavy atom. The molecule has 1 aromatic rings. The summed E-state index contributed by atoms with van der Waals surface area (Å²) in [4.78, 5) is 4.53. The van der Waals surface area contributed by atoms with Crippen molar-refractivity contribution in [1.29, 1.82) is 0 Å². The van der Waals surface area contributed by atoms with Gasteiger partial charge in [-0.25, -0.2) is 0 Å². The Balaban J connectivity index is 1.57. The van der Waals surface area contributed by atoms with E-state index in [9.17, 15) is 0 Å². The molecule has 0 radical (unpaired) electrons. The van der Waals surface area contributed by atoms with Crippen LogP contribution in [0.5, 0.6) is 0 Å². The number of hydrogen-bond donors (Lipinski definition) is 0. The largest absolute Gasteiger partial charge is 0.381 e. The van der Waals surface area contributed by atoms with Gasteiger partial charge >= 0.3 is 0 Å². The summed E-state index contributed by atoms with van der Waals surface area (Å²) in [6, 6.07) is 4.16. The number of hydrogen-bond acceptors (Lipinski definition) is 5. The van der Waals surface area contributed by atoms with Crippen LogP contribution in [-0.2, 0) is 15.9 Å². The molecular formula is C26H43N3O2. The maximum absolute atomic E-state index is 5.83. The SMILES string of the molecule is CCCCCCCOC1C=CC(c2ccc(CCCCOCCCCCC)nn2)C=N1. The molecule has 0 saturated heterocycles. The highest BCUT2D eigenvalue weighted by atomic mass is 16.5. The number of rotatable bonds is 18. The zero-order chi connectivity index (χ0) is 22.0. The summed E-state index contributed by atoms with van der Waals surface area (Å²) in [6.07, 6.45) is 20.4. The second-order valence-corrected chi connectivity index (χ2v) is 8.46. The number of dihydropyridines is 1. The molecule has 0 saturated carbocycles. The minimum Gasteiger partial charge on any atom is -0.381 e. The third-order valence-electron chi connectivity index (χ3n) is 5.61. The van der Waals surface area contributed by atoms with E-state index in [0.29, 0.717) is 0 Å². The van der Waals surface area contributed by atoms with E-state index >= 15 is 0 Å². The van der Waals surface area contributed by atoms with Gasteiger partial charge in [0, 0.05) is 26.0 Å². The molecular weight excluding hydrogens is 386 g/mol. The predicted octanol–water partition coefficient (Wildman–Crippen LogP) is 6.43. The predicted molar refractivity (Wildman–Crippen MR) is 129 cm³/mol. The molecule has 0 aliphatic carbocycles. The summed E-state index contributed by atoms with van der Waals surface area (Å²) in [5.74, 6) is 0.0899. The Hall–Kier alpha value is -1.59. The van der Waals surface area contributed by atoms with Gasteiger partial charge in [-0.15, -0.1) is 0 Å². The standard InChI is InChI=1S/C26H43N3O2/c1-3-5-7-9-12-21-31-26-18-15-23(22-27-26)25-17-16-24(28-29-25)14-10-13-20-30-19-11-8-6-4-2/h15-18,22-23,26H,3-14,19-21H2,1-2H3. The topological polar surface area (TPSA) is 56.6 Å². The van der Waals surface area contributed by atoms with Crippen molar-refractivity contribution in [1.82, 2.24) is 10.2 Å². The maximum atomic E-state index is 5.83. The van der Waals surface area contributed by atoms with Crippen LogP contribution in [0.4, 0.5) is 0 Å². The van der Waals surface area contributed by atoms with E-state index in [1.807, 2.05) is 12.3 Å². The molecule has 0 aromatic carbocycles. The molecule has 0 spiro atoms. The third-order valence-corrected chi connectivity index (χ3v) is 5.61. The van der Waals surface area contributed by atoms with E-state index in [1.54, 1.807) is 0 Å². The Kier molecular flexibility index (Phi) is 14.1. The molecule has 1 aliphatic heterocycles. The van der Waals surface area contributed by atoms with Crippen LogP contribution >= 0.6 is 0 Å². The first-order valence-corrected chi connectivity index (χ1v) is 12.6. The lowest BCUT2D eigenvalue weighted by atomic mass is 10.0. The molecule has 31 heavy (non-hydrogen) atoms. The lowest BCUT2D eigenvalue weighted by Crippen LogP contribution is -2.15. The van der Waals surface area contributed by atoms with Crippen LogP contribution < -0.4 is 0 Å². The van der Waals surface area contributed by atoms with E-state index in [0.717, 1.165) is 56.9 Å². The monoisotopic (exact) mass is 429 g/mol. The van der Waals surface area contributed by atoms with Gasteiger partial charge in [0.2, 0.25) is 0 Å². The highest BCUT2D eigenvalue weighted by molar-refractivity contribution is 5.71. The molecule has 0 bridgehead atoms. The molecule has 2 atom stereocenters. The summed E-state index contributed by atoms with van der Waals surface area (Å²) in [6.45, 7) is 7.00. The van der Waals surface area contributed by atoms with Crippen LogP contribution in [0.3, 0.4) is 0 Å². The minimum atomic E-state index is -0.150. The lowest BCUT2D eigenvalue weighted by molar-refractivity contribution is 0.0870. The minimum absolute atomic E-state index is 0.0899. The molecule has 0 fully saturated rings. The first kappa shape index (κ1) is 25.7. The average molecular weight is 430 g/mol. The van der Waals surface area contributed by atoms with Gasteiger partial charge in [0.1, 0.15) is 0 Å². The maximum Gasteiger partial charge on any atom is 0.166 e. The molecule has 5 nitrogen and oxygen atoms in total. The number of allylic oxidation sites excluding steroid dienone is 1. The van der Waals surface area contributed by atoms with Gasteiger partial charge in [-0.1, -0.05) is 64.9 Å². The van der Waals surface area contributed by atoms with Crippen molar-refractivity contribution in [2.24, 2.45) is 4.99 Å². The highest BCUT2D eigenvalue weighted by Gasteiger charge is 2.14. The van der Waals surface area contributed by atoms with Crippen LogP contribution in [0.15, 0.2) is 29.3 Å². The number of aryl methyl sites for hydroxylation is 1.